The van der Waals surface area contributed by atoms with E-state index in [1.54, 1.807) is 4.90 Å². The van der Waals surface area contributed by atoms with Crippen molar-refractivity contribution in [3.05, 3.63) is 33.1 Å². The number of hydrogen-bond acceptors (Lipinski definition) is 5. The molecule has 1 aromatic heterocycles. The first-order valence-corrected chi connectivity index (χ1v) is 8.83. The number of likely N-dealkylation sites (tertiary alicyclic amines) is 1. The van der Waals surface area contributed by atoms with Gasteiger partial charge in [0.2, 0.25) is 5.91 Å². The minimum Gasteiger partial charge on any atom is -0.392 e. The molecular formula is C17H25N3O5. The van der Waals surface area contributed by atoms with Crippen LogP contribution in [0.4, 0.5) is 0 Å². The van der Waals surface area contributed by atoms with Crippen LogP contribution in [0, 0.1) is 5.41 Å². The Morgan fingerprint density at radius 3 is 2.72 bits per heavy atom. The second-order valence-corrected chi connectivity index (χ2v) is 6.86. The molecular weight excluding hydrogens is 326 g/mol. The molecule has 1 aliphatic heterocycles. The fourth-order valence-electron chi connectivity index (χ4n) is 3.98. The maximum absolute atomic E-state index is 12.4. The Morgan fingerprint density at radius 1 is 1.40 bits per heavy atom. The Bertz CT molecular complexity index is 730. The Labute approximate surface area is 145 Å². The molecule has 0 bridgehead atoms. The summed E-state index contributed by atoms with van der Waals surface area (Å²) in [4.78, 5) is 39.0. The van der Waals surface area contributed by atoms with Crippen LogP contribution in [0.2, 0.25) is 0 Å². The van der Waals surface area contributed by atoms with Crippen LogP contribution >= 0.6 is 0 Å². The number of carbonyl (C=O) groups is 1. The number of nitrogens with one attached hydrogen (secondary N) is 1. The van der Waals surface area contributed by atoms with Crippen LogP contribution in [0.3, 0.4) is 0 Å². The van der Waals surface area contributed by atoms with E-state index >= 15 is 0 Å². The third-order valence-electron chi connectivity index (χ3n) is 5.62. The number of aromatic amines is 1. The van der Waals surface area contributed by atoms with Crippen LogP contribution < -0.4 is 11.2 Å². The number of H-pyrrole nitrogens is 1. The molecule has 8 heteroatoms. The van der Waals surface area contributed by atoms with Crippen molar-refractivity contribution in [2.45, 2.75) is 51.4 Å². The van der Waals surface area contributed by atoms with E-state index in [1.807, 2.05) is 6.92 Å². The molecule has 25 heavy (non-hydrogen) atoms. The SMILES string of the molecule is CCO[C@H]1C[C@@H](O)C12CCN(C(=O)CCn1ccc(=O)[nH]c1=O)CC2. The van der Waals surface area contributed by atoms with Gasteiger partial charge in [-0.25, -0.2) is 4.79 Å². The molecule has 0 radical (unpaired) electrons. The highest BCUT2D eigenvalue weighted by molar-refractivity contribution is 5.76. The number of aliphatic hydroxyl groups excluding tert-OH is 1. The van der Waals surface area contributed by atoms with E-state index in [1.165, 1.54) is 16.8 Å². The number of piperidine rings is 1. The van der Waals surface area contributed by atoms with Crippen molar-refractivity contribution in [3.63, 3.8) is 0 Å². The average molecular weight is 351 g/mol. The average Bonchev–Trinajstić information content (AvgIpc) is 2.61. The van der Waals surface area contributed by atoms with E-state index in [-0.39, 0.29) is 36.5 Å². The molecule has 0 unspecified atom stereocenters. The summed E-state index contributed by atoms with van der Waals surface area (Å²) in [6.07, 6.45) is 3.50. The first-order chi connectivity index (χ1) is 12.0. The van der Waals surface area contributed by atoms with E-state index in [0.717, 1.165) is 12.8 Å². The molecule has 1 aliphatic carbocycles. The van der Waals surface area contributed by atoms with Gasteiger partial charge in [-0.05, 0) is 19.8 Å². The lowest BCUT2D eigenvalue weighted by molar-refractivity contribution is -0.210. The molecule has 2 heterocycles. The lowest BCUT2D eigenvalue weighted by atomic mass is 9.58. The van der Waals surface area contributed by atoms with Crippen molar-refractivity contribution >= 4 is 5.91 Å². The highest BCUT2D eigenvalue weighted by Gasteiger charge is 2.56. The number of hydrogen-bond donors (Lipinski definition) is 2. The topological polar surface area (TPSA) is 105 Å². The summed E-state index contributed by atoms with van der Waals surface area (Å²) in [5.74, 6) is -0.0188. The molecule has 1 saturated carbocycles. The van der Waals surface area contributed by atoms with E-state index in [9.17, 15) is 19.5 Å². The molecule has 2 aliphatic rings. The zero-order valence-corrected chi connectivity index (χ0v) is 14.4. The third kappa shape index (κ3) is 3.41. The zero-order chi connectivity index (χ0) is 18.0. The van der Waals surface area contributed by atoms with Crippen LogP contribution in [-0.4, -0.2) is 57.4 Å². The van der Waals surface area contributed by atoms with Crippen molar-refractivity contribution in [2.75, 3.05) is 19.7 Å². The molecule has 1 spiro atoms. The maximum atomic E-state index is 12.4. The normalized spacial score (nSPS) is 25.0. The molecule has 0 aromatic carbocycles. The minimum atomic E-state index is -0.505. The number of aromatic nitrogens is 2. The summed E-state index contributed by atoms with van der Waals surface area (Å²) >= 11 is 0. The number of carbonyl (C=O) groups excluding carboxylic acids is 1. The summed E-state index contributed by atoms with van der Waals surface area (Å²) in [5.41, 5.74) is -1.16. The maximum Gasteiger partial charge on any atom is 0.328 e. The summed E-state index contributed by atoms with van der Waals surface area (Å²) in [6, 6.07) is 1.27. The van der Waals surface area contributed by atoms with Crippen molar-refractivity contribution in [1.82, 2.24) is 14.5 Å². The number of rotatable bonds is 5. The van der Waals surface area contributed by atoms with Crippen LogP contribution in [0.15, 0.2) is 21.9 Å². The number of aryl methyl sites for hydroxylation is 1. The standard InChI is InChI=1S/C17H25N3O5/c1-2-25-13-11-12(21)17(13)5-9-19(10-6-17)15(23)4-8-20-7-3-14(22)18-16(20)24/h3,7,12-13,21H,2,4-6,8-11H2,1H3,(H,18,22,24)/t12-,13+/m1/s1. The van der Waals surface area contributed by atoms with E-state index in [4.69, 9.17) is 4.74 Å². The largest absolute Gasteiger partial charge is 0.392 e. The van der Waals surface area contributed by atoms with Gasteiger partial charge in [-0.1, -0.05) is 0 Å². The van der Waals surface area contributed by atoms with Gasteiger partial charge < -0.3 is 19.3 Å². The zero-order valence-electron chi connectivity index (χ0n) is 14.4. The fraction of sp³-hybridized carbons (Fsp3) is 0.706. The third-order valence-corrected chi connectivity index (χ3v) is 5.62. The van der Waals surface area contributed by atoms with E-state index in [2.05, 4.69) is 4.98 Å². The van der Waals surface area contributed by atoms with Gasteiger partial charge in [0, 0.05) is 56.8 Å². The number of aliphatic hydroxyl groups is 1. The number of nitrogens with zero attached hydrogens (tertiary/aromatic N) is 2. The molecule has 1 amide bonds. The molecule has 2 atom stereocenters. The van der Waals surface area contributed by atoms with Gasteiger partial charge in [-0.15, -0.1) is 0 Å². The summed E-state index contributed by atoms with van der Waals surface area (Å²) in [7, 11) is 0. The highest BCUT2D eigenvalue weighted by Crippen LogP contribution is 2.50. The van der Waals surface area contributed by atoms with Gasteiger partial charge >= 0.3 is 5.69 Å². The fourth-order valence-corrected chi connectivity index (χ4v) is 3.98. The Kier molecular flexibility index (Phi) is 5.10. The summed E-state index contributed by atoms with van der Waals surface area (Å²) < 4.78 is 7.06. The van der Waals surface area contributed by atoms with Crippen molar-refractivity contribution in [3.8, 4) is 0 Å². The summed E-state index contributed by atoms with van der Waals surface area (Å²) in [6.45, 7) is 4.02. The molecule has 8 nitrogen and oxygen atoms in total. The van der Waals surface area contributed by atoms with E-state index < -0.39 is 11.2 Å². The van der Waals surface area contributed by atoms with Gasteiger partial charge in [0.15, 0.2) is 0 Å². The predicted octanol–water partition coefficient (Wildman–Crippen LogP) is -0.295. The highest BCUT2D eigenvalue weighted by atomic mass is 16.5. The second kappa shape index (κ2) is 7.13. The lowest BCUT2D eigenvalue weighted by Crippen LogP contribution is -2.62. The molecule has 1 aromatic rings. The van der Waals surface area contributed by atoms with Gasteiger partial charge in [0.25, 0.3) is 5.56 Å². The molecule has 138 valence electrons. The van der Waals surface area contributed by atoms with Crippen molar-refractivity contribution < 1.29 is 14.6 Å². The smallest absolute Gasteiger partial charge is 0.328 e. The molecule has 1 saturated heterocycles. The van der Waals surface area contributed by atoms with Crippen LogP contribution in [0.5, 0.6) is 0 Å². The number of amides is 1. The van der Waals surface area contributed by atoms with Gasteiger partial charge in [-0.3, -0.25) is 14.6 Å². The Morgan fingerprint density at radius 2 is 2.12 bits per heavy atom. The van der Waals surface area contributed by atoms with Crippen molar-refractivity contribution in [2.24, 2.45) is 5.41 Å². The second-order valence-electron chi connectivity index (χ2n) is 6.86. The van der Waals surface area contributed by atoms with Crippen molar-refractivity contribution in [1.29, 1.82) is 0 Å². The van der Waals surface area contributed by atoms with Gasteiger partial charge in [0.05, 0.1) is 12.2 Å². The Hall–Kier alpha value is -1.93. The van der Waals surface area contributed by atoms with Gasteiger partial charge in [-0.2, -0.15) is 0 Å². The first kappa shape index (κ1) is 17.9. The van der Waals surface area contributed by atoms with E-state index in [0.29, 0.717) is 26.1 Å². The molecule has 3 rings (SSSR count). The summed E-state index contributed by atoms with van der Waals surface area (Å²) in [5, 5.41) is 10.2. The lowest BCUT2D eigenvalue weighted by Gasteiger charge is -2.56. The van der Waals surface area contributed by atoms with Crippen LogP contribution in [0.25, 0.3) is 0 Å². The van der Waals surface area contributed by atoms with Crippen LogP contribution in [0.1, 0.15) is 32.6 Å². The monoisotopic (exact) mass is 351 g/mol. The Balaban J connectivity index is 1.53. The molecule has 2 fully saturated rings. The first-order valence-electron chi connectivity index (χ1n) is 8.83. The molecule has 2 N–H and O–H groups in total. The predicted molar refractivity (Wildman–Crippen MR) is 90.2 cm³/mol. The van der Waals surface area contributed by atoms with Crippen LogP contribution in [-0.2, 0) is 16.1 Å². The van der Waals surface area contributed by atoms with Gasteiger partial charge in [0.1, 0.15) is 0 Å². The minimum absolute atomic E-state index is 0.0188. The quantitative estimate of drug-likeness (QED) is 0.758. The number of ether oxygens (including phenoxy) is 1.